The lowest BCUT2D eigenvalue weighted by molar-refractivity contribution is -0.115. The molecule has 3 aromatic rings. The van der Waals surface area contributed by atoms with Crippen LogP contribution in [0.15, 0.2) is 41.0 Å². The molecule has 0 aliphatic carbocycles. The second-order valence-corrected chi connectivity index (χ2v) is 7.71. The number of nitrogens with zero attached hydrogens (tertiary/aromatic N) is 1. The van der Waals surface area contributed by atoms with Crippen molar-refractivity contribution in [3.05, 3.63) is 58.8 Å². The summed E-state index contributed by atoms with van der Waals surface area (Å²) in [4.78, 5) is 26.7. The molecule has 3 N–H and O–H groups in total. The van der Waals surface area contributed by atoms with Crippen molar-refractivity contribution in [2.75, 3.05) is 23.3 Å². The Morgan fingerprint density at radius 3 is 2.55 bits per heavy atom. The van der Waals surface area contributed by atoms with E-state index in [1.165, 1.54) is 0 Å². The zero-order valence-corrected chi connectivity index (χ0v) is 16.7. The second kappa shape index (κ2) is 7.62. The smallest absolute Gasteiger partial charge is 0.248 e. The highest BCUT2D eigenvalue weighted by Crippen LogP contribution is 2.31. The Hall–Kier alpha value is -3.28. The van der Waals surface area contributed by atoms with Gasteiger partial charge in [0.25, 0.3) is 0 Å². The molecule has 2 aromatic carbocycles. The fourth-order valence-corrected chi connectivity index (χ4v) is 3.86. The summed E-state index contributed by atoms with van der Waals surface area (Å²) in [6.07, 6.45) is 4.07. The molecule has 4 rings (SSSR count). The standard InChI is InChI=1S/C23H25N3O3/c1-14-9-18-17(13-29-21(18)10-15(14)2)12-22(27)25-19-11-16(23(24)28)5-6-20(19)26-7-3-4-8-26/h5-6,9-11,13H,3-4,7-8,12H2,1-2H3,(H2,24,28)(H,25,27). The van der Waals surface area contributed by atoms with Crippen molar-refractivity contribution in [3.63, 3.8) is 0 Å². The summed E-state index contributed by atoms with van der Waals surface area (Å²) in [5.74, 6) is -0.673. The number of primary amides is 1. The van der Waals surface area contributed by atoms with E-state index < -0.39 is 5.91 Å². The number of carbonyl (C=O) groups is 2. The van der Waals surface area contributed by atoms with E-state index in [9.17, 15) is 9.59 Å². The monoisotopic (exact) mass is 391 g/mol. The SMILES string of the molecule is Cc1cc2occ(CC(=O)Nc3cc(C(N)=O)ccc3N3CCCC3)c2cc1C. The molecule has 2 heterocycles. The first kappa shape index (κ1) is 19.1. The number of amides is 2. The lowest BCUT2D eigenvalue weighted by atomic mass is 10.0. The zero-order chi connectivity index (χ0) is 20.5. The normalized spacial score (nSPS) is 13.8. The Balaban J connectivity index is 1.60. The fourth-order valence-electron chi connectivity index (χ4n) is 3.86. The number of anilines is 2. The molecule has 1 fully saturated rings. The van der Waals surface area contributed by atoms with Crippen molar-refractivity contribution in [3.8, 4) is 0 Å². The molecule has 6 heteroatoms. The minimum atomic E-state index is -0.514. The molecule has 29 heavy (non-hydrogen) atoms. The highest BCUT2D eigenvalue weighted by Gasteiger charge is 2.19. The predicted octanol–water partition coefficient (Wildman–Crippen LogP) is 3.93. The zero-order valence-electron chi connectivity index (χ0n) is 16.7. The van der Waals surface area contributed by atoms with Crippen LogP contribution in [0.25, 0.3) is 11.0 Å². The first-order valence-electron chi connectivity index (χ1n) is 9.88. The number of nitrogens with two attached hydrogens (primary N) is 1. The van der Waals surface area contributed by atoms with Gasteiger partial charge in [-0.15, -0.1) is 0 Å². The lowest BCUT2D eigenvalue weighted by Gasteiger charge is -2.22. The second-order valence-electron chi connectivity index (χ2n) is 7.71. The van der Waals surface area contributed by atoms with E-state index in [0.717, 1.165) is 59.3 Å². The van der Waals surface area contributed by atoms with E-state index in [0.29, 0.717) is 11.3 Å². The Morgan fingerprint density at radius 2 is 1.83 bits per heavy atom. The van der Waals surface area contributed by atoms with Gasteiger partial charge in [0.05, 0.1) is 24.1 Å². The number of nitrogens with one attached hydrogen (secondary N) is 1. The number of aryl methyl sites for hydroxylation is 2. The quantitative estimate of drug-likeness (QED) is 0.690. The molecular weight excluding hydrogens is 366 g/mol. The number of hydrogen-bond donors (Lipinski definition) is 2. The van der Waals surface area contributed by atoms with Gasteiger partial charge in [-0.3, -0.25) is 9.59 Å². The minimum absolute atomic E-state index is 0.159. The van der Waals surface area contributed by atoms with Gasteiger partial charge in [0.2, 0.25) is 11.8 Å². The van der Waals surface area contributed by atoms with Gasteiger partial charge < -0.3 is 20.4 Å². The maximum atomic E-state index is 12.8. The third-order valence-electron chi connectivity index (χ3n) is 5.62. The number of carbonyl (C=O) groups excluding carboxylic acids is 2. The average Bonchev–Trinajstić information content (AvgIpc) is 3.33. The molecular formula is C23H25N3O3. The van der Waals surface area contributed by atoms with E-state index in [1.807, 2.05) is 26.0 Å². The van der Waals surface area contributed by atoms with Crippen molar-refractivity contribution in [2.45, 2.75) is 33.1 Å². The van der Waals surface area contributed by atoms with E-state index in [4.69, 9.17) is 10.2 Å². The van der Waals surface area contributed by atoms with Crippen LogP contribution >= 0.6 is 0 Å². The van der Waals surface area contributed by atoms with Crippen molar-refractivity contribution in [2.24, 2.45) is 5.73 Å². The summed E-state index contributed by atoms with van der Waals surface area (Å²) in [6.45, 7) is 5.95. The molecule has 0 atom stereocenters. The number of rotatable bonds is 5. The van der Waals surface area contributed by atoms with Crippen LogP contribution < -0.4 is 16.0 Å². The Kier molecular flexibility index (Phi) is 5.01. The van der Waals surface area contributed by atoms with Gasteiger partial charge in [0.15, 0.2) is 0 Å². The van der Waals surface area contributed by atoms with Gasteiger partial charge in [0, 0.05) is 29.6 Å². The molecule has 1 saturated heterocycles. The van der Waals surface area contributed by atoms with Gasteiger partial charge in [0.1, 0.15) is 5.58 Å². The third-order valence-corrected chi connectivity index (χ3v) is 5.62. The molecule has 2 amide bonds. The molecule has 1 aliphatic rings. The van der Waals surface area contributed by atoms with Gasteiger partial charge in [-0.25, -0.2) is 0 Å². The van der Waals surface area contributed by atoms with Crippen LogP contribution in [0.4, 0.5) is 11.4 Å². The van der Waals surface area contributed by atoms with Crippen LogP contribution in [0.1, 0.15) is 39.9 Å². The molecule has 0 bridgehead atoms. The van der Waals surface area contributed by atoms with E-state index in [1.54, 1.807) is 18.4 Å². The average molecular weight is 391 g/mol. The lowest BCUT2D eigenvalue weighted by Crippen LogP contribution is -2.22. The molecule has 6 nitrogen and oxygen atoms in total. The van der Waals surface area contributed by atoms with Gasteiger partial charge in [-0.05, 0) is 68.1 Å². The van der Waals surface area contributed by atoms with Crippen LogP contribution in [0, 0.1) is 13.8 Å². The number of fused-ring (bicyclic) bond motifs is 1. The first-order chi connectivity index (χ1) is 13.9. The van der Waals surface area contributed by atoms with E-state index in [2.05, 4.69) is 16.3 Å². The van der Waals surface area contributed by atoms with Crippen LogP contribution in [-0.4, -0.2) is 24.9 Å². The summed E-state index contributed by atoms with van der Waals surface area (Å²) in [5, 5.41) is 3.93. The molecule has 1 aliphatic heterocycles. The van der Waals surface area contributed by atoms with Crippen molar-refractivity contribution in [1.82, 2.24) is 0 Å². The van der Waals surface area contributed by atoms with Crippen molar-refractivity contribution >= 4 is 34.2 Å². The molecule has 0 unspecified atom stereocenters. The van der Waals surface area contributed by atoms with Crippen LogP contribution in [-0.2, 0) is 11.2 Å². The Labute approximate surface area is 169 Å². The minimum Gasteiger partial charge on any atom is -0.464 e. The van der Waals surface area contributed by atoms with Gasteiger partial charge >= 0.3 is 0 Å². The van der Waals surface area contributed by atoms with Crippen LogP contribution in [0.5, 0.6) is 0 Å². The Bertz CT molecular complexity index is 1090. The molecule has 0 radical (unpaired) electrons. The van der Waals surface area contributed by atoms with Gasteiger partial charge in [-0.1, -0.05) is 0 Å². The molecule has 0 spiro atoms. The summed E-state index contributed by atoms with van der Waals surface area (Å²) >= 11 is 0. The Morgan fingerprint density at radius 1 is 1.10 bits per heavy atom. The summed E-state index contributed by atoms with van der Waals surface area (Å²) in [5.41, 5.74) is 11.3. The largest absolute Gasteiger partial charge is 0.464 e. The topological polar surface area (TPSA) is 88.6 Å². The predicted molar refractivity (Wildman–Crippen MR) is 114 cm³/mol. The molecule has 0 saturated carbocycles. The van der Waals surface area contributed by atoms with E-state index >= 15 is 0 Å². The highest BCUT2D eigenvalue weighted by atomic mass is 16.3. The van der Waals surface area contributed by atoms with Crippen molar-refractivity contribution in [1.29, 1.82) is 0 Å². The van der Waals surface area contributed by atoms with Crippen molar-refractivity contribution < 1.29 is 14.0 Å². The number of benzene rings is 2. The maximum absolute atomic E-state index is 12.8. The molecule has 150 valence electrons. The summed E-state index contributed by atoms with van der Waals surface area (Å²) < 4.78 is 5.64. The van der Waals surface area contributed by atoms with Crippen LogP contribution in [0.2, 0.25) is 0 Å². The van der Waals surface area contributed by atoms with E-state index in [-0.39, 0.29) is 12.3 Å². The number of hydrogen-bond acceptors (Lipinski definition) is 4. The fraction of sp³-hybridized carbons (Fsp3) is 0.304. The summed E-state index contributed by atoms with van der Waals surface area (Å²) in [6, 6.07) is 9.28. The van der Waals surface area contributed by atoms with Gasteiger partial charge in [-0.2, -0.15) is 0 Å². The summed E-state index contributed by atoms with van der Waals surface area (Å²) in [7, 11) is 0. The highest BCUT2D eigenvalue weighted by molar-refractivity contribution is 6.01. The molecule has 1 aromatic heterocycles. The first-order valence-corrected chi connectivity index (χ1v) is 9.88. The maximum Gasteiger partial charge on any atom is 0.248 e. The van der Waals surface area contributed by atoms with Crippen LogP contribution in [0.3, 0.4) is 0 Å². The number of furan rings is 1. The third kappa shape index (κ3) is 3.83.